The third-order valence-electron chi connectivity index (χ3n) is 5.56. The molecule has 0 bridgehead atoms. The molecular formula is C20H24N2O4. The fraction of sp³-hybridized carbons (Fsp3) is 0.500. The summed E-state index contributed by atoms with van der Waals surface area (Å²) < 4.78 is 5.97. The van der Waals surface area contributed by atoms with Crippen molar-refractivity contribution in [2.75, 3.05) is 0 Å². The first-order valence-corrected chi connectivity index (χ1v) is 9.30. The lowest BCUT2D eigenvalue weighted by Crippen LogP contribution is -2.49. The highest BCUT2D eigenvalue weighted by Gasteiger charge is 2.38. The maximum atomic E-state index is 12.7. The zero-order valence-corrected chi connectivity index (χ0v) is 14.7. The standard InChI is InChI=1S/C20H24N2O4/c1-12-6-9-16(19(24)21-12)22-11-13-10-14(7-8-15(13)20(22)25)26-18-5-3-2-4-17(18)23/h7-8,10,16-18,23H,1-6,9,11H2,(H,21,24)/t16?,17-,18-/m1/s1. The van der Waals surface area contributed by atoms with E-state index in [1.165, 1.54) is 0 Å². The second-order valence-electron chi connectivity index (χ2n) is 7.41. The van der Waals surface area contributed by atoms with E-state index < -0.39 is 12.1 Å². The van der Waals surface area contributed by atoms with Crippen LogP contribution in [0.3, 0.4) is 0 Å². The van der Waals surface area contributed by atoms with E-state index in [9.17, 15) is 14.7 Å². The molecule has 2 fully saturated rings. The molecule has 2 aliphatic heterocycles. The van der Waals surface area contributed by atoms with Crippen molar-refractivity contribution in [3.05, 3.63) is 41.6 Å². The third kappa shape index (κ3) is 3.09. The van der Waals surface area contributed by atoms with E-state index in [0.29, 0.717) is 36.4 Å². The highest BCUT2D eigenvalue weighted by atomic mass is 16.5. The Bertz CT molecular complexity index is 760. The number of nitrogens with zero attached hydrogens (tertiary/aromatic N) is 1. The number of rotatable bonds is 3. The average molecular weight is 356 g/mol. The lowest BCUT2D eigenvalue weighted by atomic mass is 9.95. The molecule has 138 valence electrons. The van der Waals surface area contributed by atoms with Gasteiger partial charge in [0.25, 0.3) is 5.91 Å². The summed E-state index contributed by atoms with van der Waals surface area (Å²) in [4.78, 5) is 26.6. The summed E-state index contributed by atoms with van der Waals surface area (Å²) in [5.74, 6) is 0.395. The van der Waals surface area contributed by atoms with E-state index in [1.807, 2.05) is 6.07 Å². The molecule has 1 aliphatic carbocycles. The van der Waals surface area contributed by atoms with Crippen molar-refractivity contribution in [1.29, 1.82) is 0 Å². The van der Waals surface area contributed by atoms with Crippen molar-refractivity contribution < 1.29 is 19.4 Å². The van der Waals surface area contributed by atoms with Crippen LogP contribution >= 0.6 is 0 Å². The highest BCUT2D eigenvalue weighted by molar-refractivity contribution is 6.01. The number of aliphatic hydroxyl groups excluding tert-OH is 1. The molecule has 1 saturated carbocycles. The van der Waals surface area contributed by atoms with Crippen LogP contribution in [0.1, 0.15) is 54.4 Å². The molecule has 0 spiro atoms. The topological polar surface area (TPSA) is 78.9 Å². The van der Waals surface area contributed by atoms with Gasteiger partial charge in [-0.2, -0.15) is 0 Å². The zero-order valence-electron chi connectivity index (χ0n) is 14.7. The van der Waals surface area contributed by atoms with Gasteiger partial charge in [-0.25, -0.2) is 0 Å². The second kappa shape index (κ2) is 6.76. The lowest BCUT2D eigenvalue weighted by Gasteiger charge is -2.30. The van der Waals surface area contributed by atoms with Crippen LogP contribution in [0.25, 0.3) is 0 Å². The van der Waals surface area contributed by atoms with E-state index in [0.717, 1.165) is 31.2 Å². The number of amides is 2. The molecule has 1 aromatic carbocycles. The predicted octanol–water partition coefficient (Wildman–Crippen LogP) is 2.12. The summed E-state index contributed by atoms with van der Waals surface area (Å²) in [6, 6.07) is 4.96. The fourth-order valence-corrected chi connectivity index (χ4v) is 4.09. The molecule has 1 aromatic rings. The molecule has 2 heterocycles. The average Bonchev–Trinajstić information content (AvgIpc) is 2.93. The van der Waals surface area contributed by atoms with Gasteiger partial charge in [0.05, 0.1) is 6.10 Å². The smallest absolute Gasteiger partial charge is 0.255 e. The van der Waals surface area contributed by atoms with Gasteiger partial charge in [-0.15, -0.1) is 0 Å². The Morgan fingerprint density at radius 3 is 2.77 bits per heavy atom. The quantitative estimate of drug-likeness (QED) is 0.869. The maximum absolute atomic E-state index is 12.7. The van der Waals surface area contributed by atoms with Crippen LogP contribution in [0, 0.1) is 0 Å². The van der Waals surface area contributed by atoms with Crippen LogP contribution < -0.4 is 10.1 Å². The number of hydrogen-bond donors (Lipinski definition) is 2. The Morgan fingerprint density at radius 2 is 2.00 bits per heavy atom. The van der Waals surface area contributed by atoms with Crippen molar-refractivity contribution >= 4 is 11.8 Å². The van der Waals surface area contributed by atoms with Gasteiger partial charge in [-0.05, 0) is 55.9 Å². The molecular weight excluding hydrogens is 332 g/mol. The van der Waals surface area contributed by atoms with E-state index in [-0.39, 0.29) is 17.9 Å². The van der Waals surface area contributed by atoms with Gasteiger partial charge in [0.1, 0.15) is 17.9 Å². The number of piperidine rings is 1. The molecule has 2 N–H and O–H groups in total. The van der Waals surface area contributed by atoms with Gasteiger partial charge in [-0.1, -0.05) is 13.0 Å². The number of aliphatic hydroxyl groups is 1. The number of ether oxygens (including phenoxy) is 1. The Balaban J connectivity index is 1.49. The van der Waals surface area contributed by atoms with Crippen LogP contribution in [0.4, 0.5) is 0 Å². The summed E-state index contributed by atoms with van der Waals surface area (Å²) in [7, 11) is 0. The highest BCUT2D eigenvalue weighted by Crippen LogP contribution is 2.32. The maximum Gasteiger partial charge on any atom is 0.255 e. The van der Waals surface area contributed by atoms with Crippen molar-refractivity contribution in [3.63, 3.8) is 0 Å². The van der Waals surface area contributed by atoms with Crippen LogP contribution in [-0.4, -0.2) is 40.1 Å². The van der Waals surface area contributed by atoms with E-state index in [1.54, 1.807) is 17.0 Å². The SMILES string of the molecule is C=C1CCC(N2Cc3cc(O[C@@H]4CCCC[C@H]4O)ccc3C2=O)C(=O)N1. The first kappa shape index (κ1) is 17.1. The molecule has 3 atom stereocenters. The number of benzene rings is 1. The summed E-state index contributed by atoms with van der Waals surface area (Å²) >= 11 is 0. The summed E-state index contributed by atoms with van der Waals surface area (Å²) in [5, 5.41) is 12.8. The van der Waals surface area contributed by atoms with E-state index in [4.69, 9.17) is 4.74 Å². The molecule has 2 amide bonds. The van der Waals surface area contributed by atoms with Gasteiger partial charge >= 0.3 is 0 Å². The monoisotopic (exact) mass is 356 g/mol. The van der Waals surface area contributed by atoms with E-state index in [2.05, 4.69) is 11.9 Å². The molecule has 4 rings (SSSR count). The third-order valence-corrected chi connectivity index (χ3v) is 5.56. The number of allylic oxidation sites excluding steroid dienone is 1. The summed E-state index contributed by atoms with van der Waals surface area (Å²) in [6.07, 6.45) is 4.36. The van der Waals surface area contributed by atoms with Crippen molar-refractivity contribution in [2.24, 2.45) is 0 Å². The largest absolute Gasteiger partial charge is 0.488 e. The molecule has 1 saturated heterocycles. The molecule has 0 aromatic heterocycles. The van der Waals surface area contributed by atoms with Crippen LogP contribution in [0.5, 0.6) is 5.75 Å². The molecule has 0 radical (unpaired) electrons. The number of carbonyl (C=O) groups excluding carboxylic acids is 2. The minimum Gasteiger partial charge on any atom is -0.488 e. The van der Waals surface area contributed by atoms with E-state index >= 15 is 0 Å². The lowest BCUT2D eigenvalue weighted by molar-refractivity contribution is -0.126. The normalized spacial score (nSPS) is 28.7. The molecule has 3 aliphatic rings. The first-order chi connectivity index (χ1) is 12.5. The predicted molar refractivity (Wildman–Crippen MR) is 95.5 cm³/mol. The van der Waals surface area contributed by atoms with Gasteiger partial charge in [-0.3, -0.25) is 9.59 Å². The number of nitrogens with one attached hydrogen (secondary N) is 1. The summed E-state index contributed by atoms with van der Waals surface area (Å²) in [5.41, 5.74) is 2.20. The van der Waals surface area contributed by atoms with Crippen LogP contribution in [0.15, 0.2) is 30.5 Å². The van der Waals surface area contributed by atoms with Crippen molar-refractivity contribution in [3.8, 4) is 5.75 Å². The summed E-state index contributed by atoms with van der Waals surface area (Å²) in [6.45, 7) is 4.19. The number of carbonyl (C=O) groups is 2. The fourth-order valence-electron chi connectivity index (χ4n) is 4.09. The molecule has 26 heavy (non-hydrogen) atoms. The minimum atomic E-state index is -0.454. The Hall–Kier alpha value is -2.34. The molecule has 6 heteroatoms. The van der Waals surface area contributed by atoms with Gasteiger partial charge in [0.2, 0.25) is 5.91 Å². The van der Waals surface area contributed by atoms with Crippen LogP contribution in [-0.2, 0) is 11.3 Å². The van der Waals surface area contributed by atoms with Gasteiger partial charge in [0.15, 0.2) is 0 Å². The Labute approximate surface area is 152 Å². The van der Waals surface area contributed by atoms with Crippen molar-refractivity contribution in [2.45, 2.75) is 63.3 Å². The van der Waals surface area contributed by atoms with Gasteiger partial charge < -0.3 is 20.1 Å². The number of hydrogen-bond acceptors (Lipinski definition) is 4. The molecule has 6 nitrogen and oxygen atoms in total. The Morgan fingerprint density at radius 1 is 1.19 bits per heavy atom. The van der Waals surface area contributed by atoms with Crippen LogP contribution in [0.2, 0.25) is 0 Å². The van der Waals surface area contributed by atoms with Crippen molar-refractivity contribution in [1.82, 2.24) is 10.2 Å². The molecule has 1 unspecified atom stereocenters. The van der Waals surface area contributed by atoms with Gasteiger partial charge in [0, 0.05) is 17.8 Å². The number of fused-ring (bicyclic) bond motifs is 1. The first-order valence-electron chi connectivity index (χ1n) is 9.30. The second-order valence-corrected chi connectivity index (χ2v) is 7.41. The Kier molecular flexibility index (Phi) is 4.44. The minimum absolute atomic E-state index is 0.114. The zero-order chi connectivity index (χ0) is 18.3.